The molecule has 3 amide bonds. The van der Waals surface area contributed by atoms with Crippen molar-refractivity contribution in [1.29, 1.82) is 0 Å². The lowest BCUT2D eigenvalue weighted by Gasteiger charge is -2.23. The quantitative estimate of drug-likeness (QED) is 0.597. The van der Waals surface area contributed by atoms with Gasteiger partial charge in [0.05, 0.1) is 17.5 Å². The van der Waals surface area contributed by atoms with Crippen molar-refractivity contribution in [1.82, 2.24) is 9.21 Å². The summed E-state index contributed by atoms with van der Waals surface area (Å²) in [6.07, 6.45) is 0.160. The highest BCUT2D eigenvalue weighted by molar-refractivity contribution is 7.99. The van der Waals surface area contributed by atoms with Crippen LogP contribution in [0, 0.1) is 12.8 Å². The Labute approximate surface area is 182 Å². The van der Waals surface area contributed by atoms with Crippen LogP contribution in [0.3, 0.4) is 0 Å². The number of urea groups is 1. The number of sulfonamides is 1. The minimum atomic E-state index is -4.02. The Hall–Kier alpha value is -2.32. The normalized spacial score (nSPS) is 17.1. The van der Waals surface area contributed by atoms with Gasteiger partial charge in [-0.1, -0.05) is 49.7 Å². The molecule has 160 valence electrons. The molecule has 0 bridgehead atoms. The Morgan fingerprint density at radius 2 is 1.73 bits per heavy atom. The summed E-state index contributed by atoms with van der Waals surface area (Å²) in [4.78, 5) is 28.1. The summed E-state index contributed by atoms with van der Waals surface area (Å²) < 4.78 is 26.9. The van der Waals surface area contributed by atoms with Crippen LogP contribution in [-0.2, 0) is 14.8 Å². The second kappa shape index (κ2) is 9.22. The van der Waals surface area contributed by atoms with E-state index in [2.05, 4.69) is 0 Å². The van der Waals surface area contributed by atoms with Gasteiger partial charge < -0.3 is 0 Å². The fourth-order valence-electron chi connectivity index (χ4n) is 3.32. The number of carbonyl (C=O) groups excluding carboxylic acids is 2. The van der Waals surface area contributed by atoms with Crippen LogP contribution in [0.25, 0.3) is 0 Å². The second-order valence-electron chi connectivity index (χ2n) is 7.62. The van der Waals surface area contributed by atoms with Gasteiger partial charge in [0.15, 0.2) is 0 Å². The molecule has 2 aromatic carbocycles. The SMILES string of the molecule is Cc1ccc(S(=O)(=O)N2C[C@H](C(C)C)N(C(=O)CCSc3ccccc3)C2=O)cc1. The molecule has 0 aromatic heterocycles. The number of hydrogen-bond donors (Lipinski definition) is 0. The fraction of sp³-hybridized carbons (Fsp3) is 0.364. The molecule has 1 heterocycles. The molecule has 30 heavy (non-hydrogen) atoms. The highest BCUT2D eigenvalue weighted by Crippen LogP contribution is 2.29. The third-order valence-electron chi connectivity index (χ3n) is 5.08. The molecular formula is C22H26N2O4S2. The molecule has 0 unspecified atom stereocenters. The standard InChI is InChI=1S/C22H26N2O4S2/c1-16(2)20-15-23(30(27,28)19-11-9-17(3)10-12-19)22(26)24(20)21(25)13-14-29-18-7-5-4-6-8-18/h4-12,16,20H,13-15H2,1-3H3/t20-/m1/s1. The molecule has 1 saturated heterocycles. The maximum atomic E-state index is 13.1. The highest BCUT2D eigenvalue weighted by atomic mass is 32.2. The van der Waals surface area contributed by atoms with Crippen molar-refractivity contribution >= 4 is 33.7 Å². The molecule has 0 spiro atoms. The zero-order chi connectivity index (χ0) is 21.9. The van der Waals surface area contributed by atoms with Crippen molar-refractivity contribution < 1.29 is 18.0 Å². The molecule has 0 saturated carbocycles. The lowest BCUT2D eigenvalue weighted by atomic mass is 10.0. The van der Waals surface area contributed by atoms with E-state index in [1.807, 2.05) is 51.1 Å². The van der Waals surface area contributed by atoms with E-state index in [-0.39, 0.29) is 29.7 Å². The zero-order valence-corrected chi connectivity index (χ0v) is 18.9. The number of nitrogens with zero attached hydrogens (tertiary/aromatic N) is 2. The molecule has 0 N–H and O–H groups in total. The number of benzene rings is 2. The minimum Gasteiger partial charge on any atom is -0.274 e. The molecule has 0 aliphatic carbocycles. The Balaban J connectivity index is 1.76. The van der Waals surface area contributed by atoms with Crippen molar-refractivity contribution in [3.63, 3.8) is 0 Å². The molecule has 8 heteroatoms. The zero-order valence-electron chi connectivity index (χ0n) is 17.3. The first kappa shape index (κ1) is 22.4. The average molecular weight is 447 g/mol. The maximum absolute atomic E-state index is 13.1. The summed E-state index contributed by atoms with van der Waals surface area (Å²) in [7, 11) is -4.02. The Morgan fingerprint density at radius 3 is 2.33 bits per heavy atom. The van der Waals surface area contributed by atoms with Crippen molar-refractivity contribution in [2.45, 2.75) is 43.0 Å². The lowest BCUT2D eigenvalue weighted by molar-refractivity contribution is -0.129. The second-order valence-corrected chi connectivity index (χ2v) is 10.6. The van der Waals surface area contributed by atoms with Gasteiger partial charge in [0, 0.05) is 17.1 Å². The van der Waals surface area contributed by atoms with E-state index in [0.717, 1.165) is 19.7 Å². The summed E-state index contributed by atoms with van der Waals surface area (Å²) >= 11 is 1.53. The van der Waals surface area contributed by atoms with Gasteiger partial charge in [-0.25, -0.2) is 17.5 Å². The van der Waals surface area contributed by atoms with E-state index in [4.69, 9.17) is 0 Å². The number of hydrogen-bond acceptors (Lipinski definition) is 5. The number of amides is 3. The van der Waals surface area contributed by atoms with Crippen molar-refractivity contribution in [2.75, 3.05) is 12.3 Å². The van der Waals surface area contributed by atoms with Gasteiger partial charge in [-0.05, 0) is 37.1 Å². The molecule has 1 aliphatic heterocycles. The van der Waals surface area contributed by atoms with E-state index in [9.17, 15) is 18.0 Å². The van der Waals surface area contributed by atoms with E-state index in [1.165, 1.54) is 23.9 Å². The summed E-state index contributed by atoms with van der Waals surface area (Å²) in [5.41, 5.74) is 0.925. The molecule has 1 atom stereocenters. The third kappa shape index (κ3) is 4.70. The van der Waals surface area contributed by atoms with Crippen molar-refractivity contribution in [3.8, 4) is 0 Å². The first-order chi connectivity index (χ1) is 14.2. The van der Waals surface area contributed by atoms with E-state index < -0.39 is 22.1 Å². The van der Waals surface area contributed by atoms with Gasteiger partial charge >= 0.3 is 6.03 Å². The maximum Gasteiger partial charge on any atom is 0.341 e. The lowest BCUT2D eigenvalue weighted by Crippen LogP contribution is -2.43. The largest absolute Gasteiger partial charge is 0.341 e. The smallest absolute Gasteiger partial charge is 0.274 e. The van der Waals surface area contributed by atoms with Gasteiger partial charge in [0.2, 0.25) is 5.91 Å². The van der Waals surface area contributed by atoms with Crippen LogP contribution < -0.4 is 0 Å². The monoisotopic (exact) mass is 446 g/mol. The first-order valence-electron chi connectivity index (χ1n) is 9.85. The molecule has 0 radical (unpaired) electrons. The number of rotatable bonds is 7. The van der Waals surface area contributed by atoms with E-state index >= 15 is 0 Å². The predicted molar refractivity (Wildman–Crippen MR) is 118 cm³/mol. The minimum absolute atomic E-state index is 0.0235. The summed E-state index contributed by atoms with van der Waals surface area (Å²) in [6.45, 7) is 5.61. The van der Waals surface area contributed by atoms with E-state index in [0.29, 0.717) is 5.75 Å². The van der Waals surface area contributed by atoms with Gasteiger partial charge in [-0.3, -0.25) is 9.69 Å². The number of aryl methyl sites for hydroxylation is 1. The Kier molecular flexibility index (Phi) is 6.88. The van der Waals surface area contributed by atoms with Gasteiger partial charge in [-0.15, -0.1) is 11.8 Å². The molecule has 6 nitrogen and oxygen atoms in total. The molecular weight excluding hydrogens is 420 g/mol. The molecule has 1 fully saturated rings. The van der Waals surface area contributed by atoms with Crippen LogP contribution in [-0.4, -0.2) is 47.9 Å². The van der Waals surface area contributed by atoms with Crippen molar-refractivity contribution in [2.24, 2.45) is 5.92 Å². The average Bonchev–Trinajstić information content (AvgIpc) is 3.07. The molecule has 2 aromatic rings. The highest BCUT2D eigenvalue weighted by Gasteiger charge is 2.47. The number of imide groups is 1. The van der Waals surface area contributed by atoms with Gasteiger partial charge in [0.25, 0.3) is 10.0 Å². The predicted octanol–water partition coefficient (Wildman–Crippen LogP) is 4.15. The summed E-state index contributed by atoms with van der Waals surface area (Å²) in [5.74, 6) is 0.115. The van der Waals surface area contributed by atoms with Gasteiger partial charge in [-0.2, -0.15) is 0 Å². The van der Waals surface area contributed by atoms with Crippen molar-refractivity contribution in [3.05, 3.63) is 60.2 Å². The number of carbonyl (C=O) groups is 2. The Bertz CT molecular complexity index is 1010. The summed E-state index contributed by atoms with van der Waals surface area (Å²) in [5, 5.41) is 0. The first-order valence-corrected chi connectivity index (χ1v) is 12.3. The van der Waals surface area contributed by atoms with E-state index in [1.54, 1.807) is 12.1 Å². The topological polar surface area (TPSA) is 74.8 Å². The van der Waals surface area contributed by atoms with Crippen LogP contribution in [0.5, 0.6) is 0 Å². The van der Waals surface area contributed by atoms with Crippen LogP contribution in [0.15, 0.2) is 64.4 Å². The van der Waals surface area contributed by atoms with Crippen LogP contribution in [0.4, 0.5) is 4.79 Å². The molecule has 3 rings (SSSR count). The third-order valence-corrected chi connectivity index (χ3v) is 7.85. The summed E-state index contributed by atoms with van der Waals surface area (Å²) in [6, 6.07) is 14.8. The van der Waals surface area contributed by atoms with Gasteiger partial charge in [0.1, 0.15) is 0 Å². The number of thioether (sulfide) groups is 1. The molecule has 1 aliphatic rings. The van der Waals surface area contributed by atoms with Crippen LogP contribution >= 0.6 is 11.8 Å². The van der Waals surface area contributed by atoms with Crippen LogP contribution in [0.2, 0.25) is 0 Å². The van der Waals surface area contributed by atoms with Crippen LogP contribution in [0.1, 0.15) is 25.8 Å². The fourth-order valence-corrected chi connectivity index (χ4v) is 5.56. The Morgan fingerprint density at radius 1 is 1.10 bits per heavy atom.